The fourth-order valence-electron chi connectivity index (χ4n) is 2.64. The van der Waals surface area contributed by atoms with Gasteiger partial charge in [-0.05, 0) is 36.8 Å². The molecule has 0 atom stereocenters. The molecule has 0 bridgehead atoms. The first-order chi connectivity index (χ1) is 13.2. The second-order valence-corrected chi connectivity index (χ2v) is 6.05. The number of benzene rings is 2. The number of aryl methyl sites for hydroxylation is 1. The Morgan fingerprint density at radius 2 is 2.07 bits per heavy atom. The zero-order valence-electron chi connectivity index (χ0n) is 14.6. The average Bonchev–Trinajstić information content (AvgIpc) is 3.33. The van der Waals surface area contributed by atoms with Crippen molar-refractivity contribution in [3.8, 4) is 22.9 Å². The van der Waals surface area contributed by atoms with E-state index in [9.17, 15) is 4.79 Å². The second kappa shape index (κ2) is 7.33. The summed E-state index contributed by atoms with van der Waals surface area (Å²) in [6.07, 6.45) is 3.14. The maximum absolute atomic E-state index is 12.0. The SMILES string of the molecule is Cc1cccc(-c2noc(CNC(=O)/C=C/c3ccc4c(c3)OCO4)n2)c1. The van der Waals surface area contributed by atoms with Crippen molar-refractivity contribution in [1.29, 1.82) is 0 Å². The maximum atomic E-state index is 12.0. The van der Waals surface area contributed by atoms with Gasteiger partial charge in [0.05, 0.1) is 6.54 Å². The number of aromatic nitrogens is 2. The fourth-order valence-corrected chi connectivity index (χ4v) is 2.64. The summed E-state index contributed by atoms with van der Waals surface area (Å²) >= 11 is 0. The van der Waals surface area contributed by atoms with Gasteiger partial charge in [0.2, 0.25) is 24.4 Å². The Balaban J connectivity index is 1.34. The van der Waals surface area contributed by atoms with E-state index in [2.05, 4.69) is 15.5 Å². The molecule has 0 saturated carbocycles. The molecule has 7 nitrogen and oxygen atoms in total. The predicted octanol–water partition coefficient (Wildman–Crippen LogP) is 3.10. The summed E-state index contributed by atoms with van der Waals surface area (Å²) < 4.78 is 15.8. The van der Waals surface area contributed by atoms with Gasteiger partial charge in [0.1, 0.15) is 0 Å². The van der Waals surface area contributed by atoms with Crippen molar-refractivity contribution in [2.45, 2.75) is 13.5 Å². The lowest BCUT2D eigenvalue weighted by atomic mass is 10.1. The Morgan fingerprint density at radius 3 is 2.96 bits per heavy atom. The molecule has 0 saturated heterocycles. The average molecular weight is 363 g/mol. The third-order valence-corrected chi connectivity index (χ3v) is 3.98. The Hall–Kier alpha value is -3.61. The largest absolute Gasteiger partial charge is 0.454 e. The van der Waals surface area contributed by atoms with Gasteiger partial charge >= 0.3 is 0 Å². The minimum absolute atomic E-state index is 0.156. The van der Waals surface area contributed by atoms with E-state index in [4.69, 9.17) is 14.0 Å². The Kier molecular flexibility index (Phi) is 4.57. The first-order valence-corrected chi connectivity index (χ1v) is 8.42. The molecule has 1 aliphatic rings. The van der Waals surface area contributed by atoms with Gasteiger partial charge < -0.3 is 19.3 Å². The second-order valence-electron chi connectivity index (χ2n) is 6.05. The number of carbonyl (C=O) groups excluding carboxylic acids is 1. The van der Waals surface area contributed by atoms with E-state index >= 15 is 0 Å². The van der Waals surface area contributed by atoms with Gasteiger partial charge in [-0.1, -0.05) is 35.0 Å². The highest BCUT2D eigenvalue weighted by Gasteiger charge is 2.12. The molecule has 136 valence electrons. The summed E-state index contributed by atoms with van der Waals surface area (Å²) in [4.78, 5) is 16.3. The normalized spacial score (nSPS) is 12.5. The van der Waals surface area contributed by atoms with E-state index in [1.807, 2.05) is 49.4 Å². The topological polar surface area (TPSA) is 86.5 Å². The number of hydrogen-bond acceptors (Lipinski definition) is 6. The van der Waals surface area contributed by atoms with Gasteiger partial charge in [0.25, 0.3) is 0 Å². The summed E-state index contributed by atoms with van der Waals surface area (Å²) in [6, 6.07) is 13.3. The maximum Gasteiger partial charge on any atom is 0.246 e. The van der Waals surface area contributed by atoms with Crippen molar-refractivity contribution >= 4 is 12.0 Å². The molecule has 2 aromatic carbocycles. The molecular formula is C20H17N3O4. The van der Waals surface area contributed by atoms with E-state index in [0.29, 0.717) is 23.2 Å². The van der Waals surface area contributed by atoms with E-state index in [0.717, 1.165) is 16.7 Å². The highest BCUT2D eigenvalue weighted by Crippen LogP contribution is 2.32. The lowest BCUT2D eigenvalue weighted by Gasteiger charge is -1.99. The van der Waals surface area contributed by atoms with Crippen LogP contribution in [-0.2, 0) is 11.3 Å². The molecule has 0 spiro atoms. The quantitative estimate of drug-likeness (QED) is 0.701. The lowest BCUT2D eigenvalue weighted by Crippen LogP contribution is -2.20. The molecule has 0 radical (unpaired) electrons. The zero-order chi connectivity index (χ0) is 18.6. The molecular weight excluding hydrogens is 346 g/mol. The van der Waals surface area contributed by atoms with Gasteiger partial charge in [-0.25, -0.2) is 0 Å². The van der Waals surface area contributed by atoms with Crippen molar-refractivity contribution in [3.63, 3.8) is 0 Å². The zero-order valence-corrected chi connectivity index (χ0v) is 14.6. The first-order valence-electron chi connectivity index (χ1n) is 8.42. The molecule has 1 amide bonds. The van der Waals surface area contributed by atoms with Crippen LogP contribution in [0, 0.1) is 6.92 Å². The molecule has 1 N–H and O–H groups in total. The van der Waals surface area contributed by atoms with E-state index in [1.54, 1.807) is 6.08 Å². The third kappa shape index (κ3) is 3.98. The van der Waals surface area contributed by atoms with Crippen LogP contribution in [-0.4, -0.2) is 22.8 Å². The summed E-state index contributed by atoms with van der Waals surface area (Å²) in [5, 5.41) is 6.67. The van der Waals surface area contributed by atoms with Crippen molar-refractivity contribution in [1.82, 2.24) is 15.5 Å². The van der Waals surface area contributed by atoms with Gasteiger partial charge in [-0.3, -0.25) is 4.79 Å². The number of nitrogens with one attached hydrogen (secondary N) is 1. The van der Waals surface area contributed by atoms with Crippen LogP contribution >= 0.6 is 0 Å². The van der Waals surface area contributed by atoms with Crippen LogP contribution in [0.25, 0.3) is 17.5 Å². The molecule has 0 unspecified atom stereocenters. The monoisotopic (exact) mass is 363 g/mol. The van der Waals surface area contributed by atoms with Gasteiger partial charge in [-0.2, -0.15) is 4.98 Å². The molecule has 1 aromatic heterocycles. The Labute approximate surface area is 155 Å². The fraction of sp³-hybridized carbons (Fsp3) is 0.150. The van der Waals surface area contributed by atoms with E-state index in [-0.39, 0.29) is 19.2 Å². The van der Waals surface area contributed by atoms with Crippen LogP contribution < -0.4 is 14.8 Å². The lowest BCUT2D eigenvalue weighted by molar-refractivity contribution is -0.116. The highest BCUT2D eigenvalue weighted by atomic mass is 16.7. The standard InChI is InChI=1S/C20H17N3O4/c1-13-3-2-4-15(9-13)20-22-19(27-23-20)11-21-18(24)8-6-14-5-7-16-17(10-14)26-12-25-16/h2-10H,11-12H2,1H3,(H,21,24)/b8-6+. The minimum atomic E-state index is -0.261. The van der Waals surface area contributed by atoms with Crippen molar-refractivity contribution in [2.75, 3.05) is 6.79 Å². The molecule has 4 rings (SSSR count). The Morgan fingerprint density at radius 1 is 1.19 bits per heavy atom. The van der Waals surface area contributed by atoms with Crippen LogP contribution in [0.1, 0.15) is 17.0 Å². The van der Waals surface area contributed by atoms with E-state index in [1.165, 1.54) is 6.08 Å². The summed E-state index contributed by atoms with van der Waals surface area (Å²) in [7, 11) is 0. The van der Waals surface area contributed by atoms with Crippen LogP contribution in [0.5, 0.6) is 11.5 Å². The summed E-state index contributed by atoms with van der Waals surface area (Å²) in [5.74, 6) is 1.96. The number of fused-ring (bicyclic) bond motifs is 1. The van der Waals surface area contributed by atoms with Crippen LogP contribution in [0.15, 0.2) is 53.1 Å². The number of amides is 1. The third-order valence-electron chi connectivity index (χ3n) is 3.98. The molecule has 2 heterocycles. The summed E-state index contributed by atoms with van der Waals surface area (Å²) in [5.41, 5.74) is 2.83. The highest BCUT2D eigenvalue weighted by molar-refractivity contribution is 5.91. The molecule has 1 aliphatic heterocycles. The van der Waals surface area contributed by atoms with Crippen LogP contribution in [0.2, 0.25) is 0 Å². The number of hydrogen-bond donors (Lipinski definition) is 1. The van der Waals surface area contributed by atoms with Crippen molar-refractivity contribution in [2.24, 2.45) is 0 Å². The molecule has 0 aliphatic carbocycles. The molecule has 0 fully saturated rings. The Bertz CT molecular complexity index is 1010. The molecule has 3 aromatic rings. The number of nitrogens with zero attached hydrogens (tertiary/aromatic N) is 2. The smallest absolute Gasteiger partial charge is 0.246 e. The predicted molar refractivity (Wildman–Crippen MR) is 97.9 cm³/mol. The number of carbonyl (C=O) groups is 1. The van der Waals surface area contributed by atoms with Gasteiger partial charge in [0, 0.05) is 11.6 Å². The summed E-state index contributed by atoms with van der Waals surface area (Å²) in [6.45, 7) is 2.37. The van der Waals surface area contributed by atoms with E-state index < -0.39 is 0 Å². The van der Waals surface area contributed by atoms with Crippen molar-refractivity contribution in [3.05, 3.63) is 65.6 Å². The van der Waals surface area contributed by atoms with Gasteiger partial charge in [0.15, 0.2) is 11.5 Å². The molecule has 27 heavy (non-hydrogen) atoms. The van der Waals surface area contributed by atoms with Crippen LogP contribution in [0.4, 0.5) is 0 Å². The minimum Gasteiger partial charge on any atom is -0.454 e. The number of rotatable bonds is 5. The number of ether oxygens (including phenoxy) is 2. The molecule has 7 heteroatoms. The van der Waals surface area contributed by atoms with Gasteiger partial charge in [-0.15, -0.1) is 0 Å². The first kappa shape index (κ1) is 16.8. The van der Waals surface area contributed by atoms with Crippen molar-refractivity contribution < 1.29 is 18.8 Å². The van der Waals surface area contributed by atoms with Crippen LogP contribution in [0.3, 0.4) is 0 Å².